The molecule has 0 fully saturated rings. The minimum absolute atomic E-state index is 0.0485. The van der Waals surface area contributed by atoms with E-state index in [1.807, 2.05) is 35.0 Å². The Morgan fingerprint density at radius 3 is 3.00 bits per heavy atom. The molecule has 21 heavy (non-hydrogen) atoms. The standard InChI is InChI=1S/C14H15N3O3S/c18-14(16-12-6-8-21(19,20)10-12)5-4-11-9-17-7-2-1-3-13(17)15-11/h1-3,6-9,12H,4-5,10H2,(H,16,18). The van der Waals surface area contributed by atoms with Crippen molar-refractivity contribution in [2.75, 3.05) is 5.75 Å². The second-order valence-electron chi connectivity index (χ2n) is 5.03. The lowest BCUT2D eigenvalue weighted by atomic mass is 10.2. The lowest BCUT2D eigenvalue weighted by Gasteiger charge is -2.09. The Hall–Kier alpha value is -2.15. The molecule has 0 radical (unpaired) electrons. The molecule has 1 amide bonds. The van der Waals surface area contributed by atoms with Crippen molar-refractivity contribution in [2.45, 2.75) is 18.9 Å². The van der Waals surface area contributed by atoms with Gasteiger partial charge in [-0.05, 0) is 24.6 Å². The van der Waals surface area contributed by atoms with Crippen LogP contribution >= 0.6 is 0 Å². The largest absolute Gasteiger partial charge is 0.349 e. The van der Waals surface area contributed by atoms with Crippen molar-refractivity contribution in [3.05, 3.63) is 47.8 Å². The van der Waals surface area contributed by atoms with Crippen molar-refractivity contribution in [3.8, 4) is 0 Å². The Morgan fingerprint density at radius 2 is 2.29 bits per heavy atom. The van der Waals surface area contributed by atoms with Gasteiger partial charge in [0.1, 0.15) is 5.65 Å². The van der Waals surface area contributed by atoms with E-state index < -0.39 is 15.9 Å². The monoisotopic (exact) mass is 305 g/mol. The van der Waals surface area contributed by atoms with Crippen LogP contribution in [0.3, 0.4) is 0 Å². The highest BCUT2D eigenvalue weighted by Crippen LogP contribution is 2.09. The molecule has 0 aliphatic carbocycles. The number of imidazole rings is 1. The van der Waals surface area contributed by atoms with E-state index in [-0.39, 0.29) is 18.1 Å². The van der Waals surface area contributed by atoms with Crippen molar-refractivity contribution in [2.24, 2.45) is 0 Å². The first-order chi connectivity index (χ1) is 10.0. The molecule has 2 aromatic heterocycles. The Morgan fingerprint density at radius 1 is 1.43 bits per heavy atom. The number of rotatable bonds is 4. The number of nitrogens with one attached hydrogen (secondary N) is 1. The predicted molar refractivity (Wildman–Crippen MR) is 78.4 cm³/mol. The maximum atomic E-state index is 11.8. The van der Waals surface area contributed by atoms with Crippen molar-refractivity contribution < 1.29 is 13.2 Å². The minimum atomic E-state index is -3.14. The third-order valence-electron chi connectivity index (χ3n) is 3.30. The van der Waals surface area contributed by atoms with Gasteiger partial charge in [-0.1, -0.05) is 6.07 Å². The van der Waals surface area contributed by atoms with E-state index in [1.54, 1.807) is 0 Å². The van der Waals surface area contributed by atoms with Crippen LogP contribution < -0.4 is 5.32 Å². The van der Waals surface area contributed by atoms with Crippen molar-refractivity contribution in [3.63, 3.8) is 0 Å². The van der Waals surface area contributed by atoms with Crippen LogP contribution in [0.2, 0.25) is 0 Å². The van der Waals surface area contributed by atoms with Crippen molar-refractivity contribution in [1.29, 1.82) is 0 Å². The van der Waals surface area contributed by atoms with Gasteiger partial charge < -0.3 is 9.72 Å². The molecule has 0 saturated heterocycles. The second-order valence-corrected chi connectivity index (χ2v) is 6.96. The molecule has 0 spiro atoms. The molecule has 0 bridgehead atoms. The zero-order valence-electron chi connectivity index (χ0n) is 11.3. The molecule has 110 valence electrons. The Labute approximate surface area is 122 Å². The van der Waals surface area contributed by atoms with E-state index in [9.17, 15) is 13.2 Å². The Bertz CT molecular complexity index is 775. The lowest BCUT2D eigenvalue weighted by Crippen LogP contribution is -2.35. The summed E-state index contributed by atoms with van der Waals surface area (Å²) in [5.74, 6) is -0.216. The second kappa shape index (κ2) is 5.33. The quantitative estimate of drug-likeness (QED) is 0.901. The first-order valence-corrected chi connectivity index (χ1v) is 8.36. The van der Waals surface area contributed by atoms with E-state index in [1.165, 1.54) is 6.08 Å². The average molecular weight is 305 g/mol. The van der Waals surface area contributed by atoms with Gasteiger partial charge in [-0.3, -0.25) is 4.79 Å². The van der Waals surface area contributed by atoms with Gasteiger partial charge in [-0.15, -0.1) is 0 Å². The first kappa shape index (κ1) is 13.8. The van der Waals surface area contributed by atoms with Crippen molar-refractivity contribution in [1.82, 2.24) is 14.7 Å². The zero-order chi connectivity index (χ0) is 14.9. The number of hydrogen-bond donors (Lipinski definition) is 1. The third kappa shape index (κ3) is 3.30. The zero-order valence-corrected chi connectivity index (χ0v) is 12.1. The molecule has 6 nitrogen and oxygen atoms in total. The number of aromatic nitrogens is 2. The highest BCUT2D eigenvalue weighted by Gasteiger charge is 2.22. The maximum absolute atomic E-state index is 11.8. The molecule has 3 rings (SSSR count). The molecule has 1 aliphatic heterocycles. The van der Waals surface area contributed by atoms with Gasteiger partial charge in [-0.25, -0.2) is 13.4 Å². The highest BCUT2D eigenvalue weighted by atomic mass is 32.2. The number of amides is 1. The van der Waals surface area contributed by atoms with E-state index >= 15 is 0 Å². The number of nitrogens with zero attached hydrogens (tertiary/aromatic N) is 2. The summed E-state index contributed by atoms with van der Waals surface area (Å²) in [6.45, 7) is 0. The number of carbonyl (C=O) groups excluding carboxylic acids is 1. The fraction of sp³-hybridized carbons (Fsp3) is 0.286. The van der Waals surface area contributed by atoms with E-state index in [2.05, 4.69) is 10.3 Å². The third-order valence-corrected chi connectivity index (χ3v) is 4.69. The van der Waals surface area contributed by atoms with E-state index in [0.29, 0.717) is 6.42 Å². The number of sulfone groups is 1. The molecule has 1 unspecified atom stereocenters. The van der Waals surface area contributed by atoms with Crippen LogP contribution in [0, 0.1) is 0 Å². The molecule has 7 heteroatoms. The van der Waals surface area contributed by atoms with Crippen LogP contribution in [-0.4, -0.2) is 35.5 Å². The topological polar surface area (TPSA) is 80.5 Å². The van der Waals surface area contributed by atoms with Crippen LogP contribution in [0.4, 0.5) is 0 Å². The average Bonchev–Trinajstić information content (AvgIpc) is 2.99. The van der Waals surface area contributed by atoms with Gasteiger partial charge in [0.15, 0.2) is 9.84 Å². The molecular weight excluding hydrogens is 290 g/mol. The number of carbonyl (C=O) groups is 1. The summed E-state index contributed by atoms with van der Waals surface area (Å²) >= 11 is 0. The molecular formula is C14H15N3O3S. The lowest BCUT2D eigenvalue weighted by molar-refractivity contribution is -0.121. The summed E-state index contributed by atoms with van der Waals surface area (Å²) in [5, 5.41) is 3.85. The SMILES string of the molecule is O=C(CCc1cn2ccccc2n1)NC1C=CS(=O)(=O)C1. The molecule has 3 heterocycles. The van der Waals surface area contributed by atoms with E-state index in [0.717, 1.165) is 16.7 Å². The number of fused-ring (bicyclic) bond motifs is 1. The molecule has 0 saturated carbocycles. The number of aryl methyl sites for hydroxylation is 1. The first-order valence-electron chi connectivity index (χ1n) is 6.65. The summed E-state index contributed by atoms with van der Waals surface area (Å²) < 4.78 is 24.4. The minimum Gasteiger partial charge on any atom is -0.349 e. The Balaban J connectivity index is 1.55. The fourth-order valence-electron chi connectivity index (χ4n) is 2.29. The fourth-order valence-corrected chi connectivity index (χ4v) is 3.53. The Kier molecular flexibility index (Phi) is 3.50. The van der Waals surface area contributed by atoms with Gasteiger partial charge in [0.2, 0.25) is 5.91 Å². The summed E-state index contributed by atoms with van der Waals surface area (Å²) in [6, 6.07) is 5.31. The number of hydrogen-bond acceptors (Lipinski definition) is 4. The van der Waals surface area contributed by atoms with Crippen LogP contribution in [0.25, 0.3) is 5.65 Å². The van der Waals surface area contributed by atoms with Crippen LogP contribution in [0.15, 0.2) is 42.1 Å². The van der Waals surface area contributed by atoms with Crippen LogP contribution in [-0.2, 0) is 21.1 Å². The molecule has 1 N–H and O–H groups in total. The summed E-state index contributed by atoms with van der Waals surface area (Å²) in [4.78, 5) is 16.2. The summed E-state index contributed by atoms with van der Waals surface area (Å²) in [7, 11) is -3.14. The van der Waals surface area contributed by atoms with Gasteiger partial charge >= 0.3 is 0 Å². The van der Waals surface area contributed by atoms with Gasteiger partial charge in [0, 0.05) is 24.2 Å². The van der Waals surface area contributed by atoms with Gasteiger partial charge in [0.05, 0.1) is 17.5 Å². The summed E-state index contributed by atoms with van der Waals surface area (Å²) in [5.41, 5.74) is 1.68. The highest BCUT2D eigenvalue weighted by molar-refractivity contribution is 7.94. The predicted octanol–water partition coefficient (Wildman–Crippen LogP) is 0.694. The van der Waals surface area contributed by atoms with Crippen LogP contribution in [0.1, 0.15) is 12.1 Å². The van der Waals surface area contributed by atoms with Gasteiger partial charge in [0.25, 0.3) is 0 Å². The molecule has 2 aromatic rings. The van der Waals surface area contributed by atoms with Crippen LogP contribution in [0.5, 0.6) is 0 Å². The molecule has 0 aromatic carbocycles. The van der Waals surface area contributed by atoms with Crippen molar-refractivity contribution >= 4 is 21.4 Å². The molecule has 1 aliphatic rings. The summed E-state index contributed by atoms with van der Waals surface area (Å²) in [6.07, 6.45) is 6.12. The maximum Gasteiger partial charge on any atom is 0.220 e. The smallest absolute Gasteiger partial charge is 0.220 e. The van der Waals surface area contributed by atoms with E-state index in [4.69, 9.17) is 0 Å². The molecule has 1 atom stereocenters. The number of pyridine rings is 1. The van der Waals surface area contributed by atoms with Gasteiger partial charge in [-0.2, -0.15) is 0 Å². The normalized spacial score (nSPS) is 19.9.